The molecule has 27 heavy (non-hydrogen) atoms. The minimum absolute atomic E-state index is 0.0660. The fourth-order valence-corrected chi connectivity index (χ4v) is 3.51. The van der Waals surface area contributed by atoms with Crippen LogP contribution in [0.4, 0.5) is 10.1 Å². The second-order valence-electron chi connectivity index (χ2n) is 6.16. The number of thioether (sulfide) groups is 1. The van der Waals surface area contributed by atoms with Crippen LogP contribution < -0.4 is 4.90 Å². The molecule has 0 aliphatic carbocycles. The minimum Gasteiger partial charge on any atom is -0.312 e. The van der Waals surface area contributed by atoms with Crippen molar-refractivity contribution in [3.63, 3.8) is 0 Å². The lowest BCUT2D eigenvalue weighted by Crippen LogP contribution is -2.32. The van der Waals surface area contributed by atoms with E-state index in [2.05, 4.69) is 36.2 Å². The van der Waals surface area contributed by atoms with Crippen molar-refractivity contribution >= 4 is 23.4 Å². The second kappa shape index (κ2) is 8.35. The molecule has 0 bridgehead atoms. The maximum Gasteiger partial charge on any atom is 0.237 e. The summed E-state index contributed by atoms with van der Waals surface area (Å²) in [7, 11) is 0. The Labute approximate surface area is 162 Å². The smallest absolute Gasteiger partial charge is 0.237 e. The van der Waals surface area contributed by atoms with E-state index in [0.717, 1.165) is 5.69 Å². The SMILES string of the molecule is CCN(C(=O)CSc1nncn1-c1ccc(C)c(C)c1)c1ccc(F)cc1. The molecule has 1 heterocycles. The number of rotatable bonds is 6. The third kappa shape index (κ3) is 4.36. The molecule has 140 valence electrons. The van der Waals surface area contributed by atoms with Gasteiger partial charge in [0.1, 0.15) is 12.1 Å². The number of carbonyl (C=O) groups excluding carboxylic acids is 1. The van der Waals surface area contributed by atoms with Crippen LogP contribution in [0.3, 0.4) is 0 Å². The van der Waals surface area contributed by atoms with Gasteiger partial charge < -0.3 is 4.90 Å². The maximum atomic E-state index is 13.1. The molecule has 0 radical (unpaired) electrons. The Morgan fingerprint density at radius 1 is 1.15 bits per heavy atom. The quantitative estimate of drug-likeness (QED) is 0.599. The second-order valence-corrected chi connectivity index (χ2v) is 7.10. The van der Waals surface area contributed by atoms with E-state index in [1.54, 1.807) is 23.4 Å². The molecule has 0 atom stereocenters. The topological polar surface area (TPSA) is 51.0 Å². The zero-order chi connectivity index (χ0) is 19.4. The number of anilines is 1. The summed E-state index contributed by atoms with van der Waals surface area (Å²) in [5.41, 5.74) is 4.04. The Morgan fingerprint density at radius 2 is 1.89 bits per heavy atom. The Morgan fingerprint density at radius 3 is 2.56 bits per heavy atom. The van der Waals surface area contributed by atoms with E-state index in [9.17, 15) is 9.18 Å². The Hall–Kier alpha value is -2.67. The highest BCUT2D eigenvalue weighted by atomic mass is 32.2. The normalized spacial score (nSPS) is 10.8. The Kier molecular flexibility index (Phi) is 5.91. The van der Waals surface area contributed by atoms with E-state index in [1.165, 1.54) is 35.0 Å². The fourth-order valence-electron chi connectivity index (χ4n) is 2.70. The molecule has 2 aromatic carbocycles. The van der Waals surface area contributed by atoms with Crippen molar-refractivity contribution in [2.75, 3.05) is 17.2 Å². The monoisotopic (exact) mass is 384 g/mol. The van der Waals surface area contributed by atoms with Crippen LogP contribution in [0.15, 0.2) is 53.9 Å². The highest BCUT2D eigenvalue weighted by molar-refractivity contribution is 7.99. The first-order chi connectivity index (χ1) is 13.0. The standard InChI is InChI=1S/C20H21FN4OS/c1-4-24(17-9-6-16(21)7-10-17)19(26)12-27-20-23-22-13-25(20)18-8-5-14(2)15(3)11-18/h5-11,13H,4,12H2,1-3H3. The molecule has 5 nitrogen and oxygen atoms in total. The first kappa shape index (κ1) is 19.1. The summed E-state index contributed by atoms with van der Waals surface area (Å²) in [5.74, 6) is -0.170. The molecule has 0 aliphatic rings. The average Bonchev–Trinajstić information content (AvgIpc) is 3.13. The predicted molar refractivity (Wildman–Crippen MR) is 106 cm³/mol. The third-order valence-corrected chi connectivity index (χ3v) is 5.29. The van der Waals surface area contributed by atoms with E-state index in [4.69, 9.17) is 0 Å². The van der Waals surface area contributed by atoms with Crippen molar-refractivity contribution in [1.82, 2.24) is 14.8 Å². The molecule has 0 saturated heterocycles. The van der Waals surface area contributed by atoms with Crippen molar-refractivity contribution in [2.24, 2.45) is 0 Å². The molecule has 0 aliphatic heterocycles. The largest absolute Gasteiger partial charge is 0.312 e. The van der Waals surface area contributed by atoms with Gasteiger partial charge in [0.15, 0.2) is 5.16 Å². The van der Waals surface area contributed by atoms with Gasteiger partial charge in [-0.2, -0.15) is 0 Å². The highest BCUT2D eigenvalue weighted by Crippen LogP contribution is 2.23. The summed E-state index contributed by atoms with van der Waals surface area (Å²) in [6.45, 7) is 6.52. The molecular weight excluding hydrogens is 363 g/mol. The van der Waals surface area contributed by atoms with Crippen LogP contribution in [0, 0.1) is 19.7 Å². The van der Waals surface area contributed by atoms with Gasteiger partial charge in [0, 0.05) is 17.9 Å². The molecule has 3 rings (SSSR count). The van der Waals surface area contributed by atoms with Gasteiger partial charge in [-0.15, -0.1) is 10.2 Å². The van der Waals surface area contributed by atoms with Crippen molar-refractivity contribution in [3.05, 3.63) is 65.7 Å². The van der Waals surface area contributed by atoms with Crippen LogP contribution in [-0.4, -0.2) is 33.0 Å². The maximum absolute atomic E-state index is 13.1. The molecule has 0 spiro atoms. The van der Waals surface area contributed by atoms with Crippen LogP contribution in [-0.2, 0) is 4.79 Å². The van der Waals surface area contributed by atoms with Gasteiger partial charge in [-0.3, -0.25) is 9.36 Å². The summed E-state index contributed by atoms with van der Waals surface area (Å²) >= 11 is 1.33. The van der Waals surface area contributed by atoms with Gasteiger partial charge in [0.05, 0.1) is 5.75 Å². The van der Waals surface area contributed by atoms with Crippen LogP contribution in [0.25, 0.3) is 5.69 Å². The third-order valence-electron chi connectivity index (χ3n) is 4.37. The number of aromatic nitrogens is 3. The van der Waals surface area contributed by atoms with Gasteiger partial charge in [-0.05, 0) is 68.3 Å². The van der Waals surface area contributed by atoms with Crippen molar-refractivity contribution < 1.29 is 9.18 Å². The predicted octanol–water partition coefficient (Wildman–Crippen LogP) is 4.17. The summed E-state index contributed by atoms with van der Waals surface area (Å²) in [4.78, 5) is 14.3. The first-order valence-electron chi connectivity index (χ1n) is 8.66. The molecule has 0 N–H and O–H groups in total. The van der Waals surface area contributed by atoms with Crippen LogP contribution in [0.5, 0.6) is 0 Å². The van der Waals surface area contributed by atoms with Gasteiger partial charge >= 0.3 is 0 Å². The molecule has 3 aromatic rings. The van der Waals surface area contributed by atoms with Crippen LogP contribution in [0.1, 0.15) is 18.1 Å². The minimum atomic E-state index is -0.321. The highest BCUT2D eigenvalue weighted by Gasteiger charge is 2.16. The molecular formula is C20H21FN4OS. The Bertz CT molecular complexity index is 939. The number of amides is 1. The van der Waals surface area contributed by atoms with Gasteiger partial charge in [-0.25, -0.2) is 4.39 Å². The number of halogens is 1. The average molecular weight is 384 g/mol. The van der Waals surface area contributed by atoms with Gasteiger partial charge in [-0.1, -0.05) is 17.8 Å². The zero-order valence-corrected chi connectivity index (χ0v) is 16.3. The van der Waals surface area contributed by atoms with E-state index in [-0.39, 0.29) is 17.5 Å². The number of hydrogen-bond acceptors (Lipinski definition) is 4. The number of aryl methyl sites for hydroxylation is 2. The fraction of sp³-hybridized carbons (Fsp3) is 0.250. The first-order valence-corrected chi connectivity index (χ1v) is 9.64. The van der Waals surface area contributed by atoms with Crippen LogP contribution >= 0.6 is 11.8 Å². The van der Waals surface area contributed by atoms with Gasteiger partial charge in [0.2, 0.25) is 5.91 Å². The number of carbonyl (C=O) groups is 1. The molecule has 7 heteroatoms. The lowest BCUT2D eigenvalue weighted by molar-refractivity contribution is -0.116. The van der Waals surface area contributed by atoms with Crippen molar-refractivity contribution in [3.8, 4) is 5.69 Å². The summed E-state index contributed by atoms with van der Waals surface area (Å²) in [6.07, 6.45) is 1.65. The van der Waals surface area contributed by atoms with Gasteiger partial charge in [0.25, 0.3) is 0 Å². The summed E-state index contributed by atoms with van der Waals surface area (Å²) < 4.78 is 15.0. The molecule has 0 unspecified atom stereocenters. The zero-order valence-electron chi connectivity index (χ0n) is 15.5. The van der Waals surface area contributed by atoms with E-state index in [1.807, 2.05) is 17.6 Å². The summed E-state index contributed by atoms with van der Waals surface area (Å²) in [6, 6.07) is 12.1. The van der Waals surface area contributed by atoms with E-state index < -0.39 is 0 Å². The van der Waals surface area contributed by atoms with Crippen LogP contribution in [0.2, 0.25) is 0 Å². The molecule has 1 amide bonds. The van der Waals surface area contributed by atoms with Crippen molar-refractivity contribution in [1.29, 1.82) is 0 Å². The van der Waals surface area contributed by atoms with E-state index in [0.29, 0.717) is 17.4 Å². The number of benzene rings is 2. The lowest BCUT2D eigenvalue weighted by atomic mass is 10.1. The Balaban J connectivity index is 1.73. The van der Waals surface area contributed by atoms with E-state index >= 15 is 0 Å². The molecule has 0 saturated carbocycles. The summed E-state index contributed by atoms with van der Waals surface area (Å²) in [5, 5.41) is 8.78. The molecule has 0 fully saturated rings. The number of nitrogens with zero attached hydrogens (tertiary/aromatic N) is 4. The molecule has 1 aromatic heterocycles. The number of hydrogen-bond donors (Lipinski definition) is 0. The van der Waals surface area contributed by atoms with Crippen molar-refractivity contribution in [2.45, 2.75) is 25.9 Å². The lowest BCUT2D eigenvalue weighted by Gasteiger charge is -2.20.